The molecule has 3 rings (SSSR count). The zero-order valence-corrected chi connectivity index (χ0v) is 13.2. The van der Waals surface area contributed by atoms with Gasteiger partial charge in [-0.1, -0.05) is 0 Å². The molecule has 122 valence electrons. The summed E-state index contributed by atoms with van der Waals surface area (Å²) in [6.07, 6.45) is 3.81. The fourth-order valence-corrected chi connectivity index (χ4v) is 3.14. The fourth-order valence-electron chi connectivity index (χ4n) is 3.14. The van der Waals surface area contributed by atoms with E-state index in [2.05, 4.69) is 15.6 Å². The van der Waals surface area contributed by atoms with Crippen molar-refractivity contribution in [2.75, 3.05) is 6.61 Å². The zero-order valence-electron chi connectivity index (χ0n) is 13.2. The van der Waals surface area contributed by atoms with E-state index in [0.717, 1.165) is 18.8 Å². The Kier molecular flexibility index (Phi) is 4.10. The van der Waals surface area contributed by atoms with E-state index in [1.54, 1.807) is 6.20 Å². The summed E-state index contributed by atoms with van der Waals surface area (Å²) >= 11 is 0. The average molecular weight is 309 g/mol. The lowest BCUT2D eigenvalue weighted by Crippen LogP contribution is -2.70. The highest BCUT2D eigenvalue weighted by atomic mass is 16.6. The molecule has 2 heterocycles. The van der Waals surface area contributed by atoms with E-state index >= 15 is 0 Å². The number of hydrogen-bond donors (Lipinski definition) is 2. The number of rotatable bonds is 4. The molecule has 1 saturated carbocycles. The van der Waals surface area contributed by atoms with Crippen molar-refractivity contribution < 1.29 is 18.7 Å². The molecule has 1 aliphatic heterocycles. The molecule has 0 bridgehead atoms. The molecule has 2 fully saturated rings. The quantitative estimate of drug-likeness (QED) is 0.875. The molecular formula is C15H23N3O4. The first-order valence-electron chi connectivity index (χ1n) is 7.66. The smallest absolute Gasteiger partial charge is 0.407 e. The van der Waals surface area contributed by atoms with Crippen LogP contribution in [0, 0.1) is 5.92 Å². The molecule has 4 unspecified atom stereocenters. The number of carbonyl (C=O) groups excluding carboxylic acids is 1. The second-order valence-electron chi connectivity index (χ2n) is 6.83. The Hall–Kier alpha value is -1.60. The van der Waals surface area contributed by atoms with Gasteiger partial charge < -0.3 is 24.5 Å². The molecule has 7 nitrogen and oxygen atoms in total. The van der Waals surface area contributed by atoms with Crippen molar-refractivity contribution in [2.24, 2.45) is 5.92 Å². The number of carbonyl (C=O) groups is 1. The Morgan fingerprint density at radius 1 is 1.45 bits per heavy atom. The molecule has 4 atom stereocenters. The van der Waals surface area contributed by atoms with E-state index in [9.17, 15) is 4.79 Å². The number of nitrogens with one attached hydrogen (secondary N) is 2. The minimum Gasteiger partial charge on any atom is -0.447 e. The standard InChI is InChI=1S/C15H23N3O4/c1-15(2,3)22-14(19)18-11-10-4-5-20-13(10)12(11)17-7-9-6-16-8-21-9/h6,8,10-13,17H,4-5,7H2,1-3H3,(H,18,19). The van der Waals surface area contributed by atoms with Crippen LogP contribution < -0.4 is 10.6 Å². The molecule has 22 heavy (non-hydrogen) atoms. The van der Waals surface area contributed by atoms with Crippen molar-refractivity contribution in [3.63, 3.8) is 0 Å². The van der Waals surface area contributed by atoms with Crippen molar-refractivity contribution in [1.82, 2.24) is 15.6 Å². The maximum atomic E-state index is 12.0. The van der Waals surface area contributed by atoms with Crippen LogP contribution in [-0.2, 0) is 16.0 Å². The maximum absolute atomic E-state index is 12.0. The topological polar surface area (TPSA) is 85.6 Å². The summed E-state index contributed by atoms with van der Waals surface area (Å²) in [7, 11) is 0. The van der Waals surface area contributed by atoms with E-state index < -0.39 is 5.60 Å². The van der Waals surface area contributed by atoms with Crippen LogP contribution in [-0.4, -0.2) is 41.5 Å². The molecule has 0 spiro atoms. The second-order valence-corrected chi connectivity index (χ2v) is 6.83. The number of hydrogen-bond acceptors (Lipinski definition) is 6. The van der Waals surface area contributed by atoms with Gasteiger partial charge in [0, 0.05) is 12.5 Å². The van der Waals surface area contributed by atoms with E-state index in [4.69, 9.17) is 13.9 Å². The zero-order chi connectivity index (χ0) is 15.7. The van der Waals surface area contributed by atoms with Crippen LogP contribution in [0.15, 0.2) is 17.0 Å². The molecule has 2 aliphatic rings. The molecule has 0 aromatic carbocycles. The maximum Gasteiger partial charge on any atom is 0.407 e. The summed E-state index contributed by atoms with van der Waals surface area (Å²) < 4.78 is 16.3. The van der Waals surface area contributed by atoms with E-state index in [-0.39, 0.29) is 24.3 Å². The normalized spacial score (nSPS) is 30.5. The van der Waals surface area contributed by atoms with Gasteiger partial charge in [-0.2, -0.15) is 0 Å². The number of fused-ring (bicyclic) bond motifs is 1. The first kappa shape index (κ1) is 15.3. The van der Waals surface area contributed by atoms with Crippen LogP contribution in [0.2, 0.25) is 0 Å². The summed E-state index contributed by atoms with van der Waals surface area (Å²) in [5, 5.41) is 6.36. The predicted molar refractivity (Wildman–Crippen MR) is 78.1 cm³/mol. The van der Waals surface area contributed by atoms with Gasteiger partial charge in [-0.3, -0.25) is 0 Å². The SMILES string of the molecule is CC(C)(C)OC(=O)NC1C2CCOC2C1NCc1cnco1. The summed E-state index contributed by atoms with van der Waals surface area (Å²) in [5.74, 6) is 1.11. The third-order valence-electron chi connectivity index (χ3n) is 4.06. The number of aromatic nitrogens is 1. The molecule has 2 N–H and O–H groups in total. The van der Waals surface area contributed by atoms with Gasteiger partial charge in [0.25, 0.3) is 0 Å². The summed E-state index contributed by atoms with van der Waals surface area (Å²) in [5.41, 5.74) is -0.498. The fraction of sp³-hybridized carbons (Fsp3) is 0.733. The third-order valence-corrected chi connectivity index (χ3v) is 4.06. The third kappa shape index (κ3) is 3.25. The van der Waals surface area contributed by atoms with Crippen molar-refractivity contribution >= 4 is 6.09 Å². The second kappa shape index (κ2) is 5.89. The molecule has 1 aliphatic carbocycles. The predicted octanol–water partition coefficient (Wildman–Crippen LogP) is 1.44. The number of amides is 1. The molecule has 1 amide bonds. The van der Waals surface area contributed by atoms with Crippen LogP contribution in [0.5, 0.6) is 0 Å². The number of ether oxygens (including phenoxy) is 2. The van der Waals surface area contributed by atoms with Gasteiger partial charge in [-0.25, -0.2) is 9.78 Å². The lowest BCUT2D eigenvalue weighted by atomic mass is 9.71. The molecule has 1 saturated heterocycles. The van der Waals surface area contributed by atoms with Gasteiger partial charge in [-0.15, -0.1) is 0 Å². The van der Waals surface area contributed by atoms with Crippen LogP contribution in [0.3, 0.4) is 0 Å². The Balaban J connectivity index is 1.57. The molecule has 7 heteroatoms. The summed E-state index contributed by atoms with van der Waals surface area (Å²) in [6.45, 7) is 6.86. The lowest BCUT2D eigenvalue weighted by molar-refractivity contribution is -0.0348. The van der Waals surface area contributed by atoms with Crippen molar-refractivity contribution in [1.29, 1.82) is 0 Å². The minimum absolute atomic E-state index is 0.0188. The average Bonchev–Trinajstić information content (AvgIpc) is 3.04. The molecule has 1 aromatic rings. The monoisotopic (exact) mass is 309 g/mol. The minimum atomic E-state index is -0.498. The van der Waals surface area contributed by atoms with Crippen LogP contribution in [0.25, 0.3) is 0 Å². The van der Waals surface area contributed by atoms with Gasteiger partial charge in [0.15, 0.2) is 6.39 Å². The van der Waals surface area contributed by atoms with Gasteiger partial charge in [0.2, 0.25) is 0 Å². The van der Waals surface area contributed by atoms with Crippen molar-refractivity contribution in [3.8, 4) is 0 Å². The number of oxazole rings is 1. The van der Waals surface area contributed by atoms with Gasteiger partial charge in [-0.05, 0) is 27.2 Å². The number of nitrogens with zero attached hydrogens (tertiary/aromatic N) is 1. The highest BCUT2D eigenvalue weighted by Crippen LogP contribution is 2.39. The Morgan fingerprint density at radius 2 is 2.27 bits per heavy atom. The highest BCUT2D eigenvalue weighted by molar-refractivity contribution is 5.68. The van der Waals surface area contributed by atoms with Gasteiger partial charge in [0.05, 0.1) is 30.9 Å². The van der Waals surface area contributed by atoms with Gasteiger partial charge >= 0.3 is 6.09 Å². The largest absolute Gasteiger partial charge is 0.447 e. The highest BCUT2D eigenvalue weighted by Gasteiger charge is 2.54. The summed E-state index contributed by atoms with van der Waals surface area (Å²) in [4.78, 5) is 15.9. The first-order chi connectivity index (χ1) is 10.4. The lowest BCUT2D eigenvalue weighted by Gasteiger charge is -2.47. The Morgan fingerprint density at radius 3 is 2.95 bits per heavy atom. The Labute approximate surface area is 129 Å². The molecular weight excluding hydrogens is 286 g/mol. The van der Waals surface area contributed by atoms with Gasteiger partial charge in [0.1, 0.15) is 11.4 Å². The van der Waals surface area contributed by atoms with E-state index in [1.165, 1.54) is 6.39 Å². The molecule has 0 radical (unpaired) electrons. The van der Waals surface area contributed by atoms with Crippen LogP contribution >= 0.6 is 0 Å². The van der Waals surface area contributed by atoms with Crippen LogP contribution in [0.4, 0.5) is 4.79 Å². The Bertz CT molecular complexity index is 511. The first-order valence-corrected chi connectivity index (χ1v) is 7.66. The van der Waals surface area contributed by atoms with Crippen molar-refractivity contribution in [3.05, 3.63) is 18.4 Å². The van der Waals surface area contributed by atoms with Crippen molar-refractivity contribution in [2.45, 2.75) is 57.5 Å². The van der Waals surface area contributed by atoms with Crippen LogP contribution in [0.1, 0.15) is 33.0 Å². The summed E-state index contributed by atoms with van der Waals surface area (Å²) in [6, 6.07) is 0.0791. The van der Waals surface area contributed by atoms with E-state index in [0.29, 0.717) is 12.5 Å². The molecule has 1 aromatic heterocycles. The van der Waals surface area contributed by atoms with E-state index in [1.807, 2.05) is 20.8 Å². The number of alkyl carbamates (subject to hydrolysis) is 1.